The van der Waals surface area contributed by atoms with Gasteiger partial charge in [-0.15, -0.1) is 0 Å². The van der Waals surface area contributed by atoms with Crippen LogP contribution in [0.2, 0.25) is 0 Å². The Balaban J connectivity index is 1.97. The van der Waals surface area contributed by atoms with E-state index in [4.69, 9.17) is 9.36 Å². The normalized spacial score (nSPS) is 10.6. The molecule has 0 aliphatic carbocycles. The second-order valence-electron chi connectivity index (χ2n) is 3.29. The van der Waals surface area contributed by atoms with Crippen LogP contribution in [0.3, 0.4) is 0 Å². The summed E-state index contributed by atoms with van der Waals surface area (Å²) in [5.41, 5.74) is 3.81. The lowest BCUT2D eigenvalue weighted by atomic mass is 10.1. The zero-order valence-corrected chi connectivity index (χ0v) is 9.01. The molecular weight excluding hydrogens is 206 g/mol. The van der Waals surface area contributed by atoms with Gasteiger partial charge in [0.1, 0.15) is 6.54 Å². The van der Waals surface area contributed by atoms with Crippen molar-refractivity contribution in [3.05, 3.63) is 47.6 Å². The third kappa shape index (κ3) is 2.88. The summed E-state index contributed by atoms with van der Waals surface area (Å²) >= 11 is 0. The second kappa shape index (κ2) is 5.39. The van der Waals surface area contributed by atoms with Crippen molar-refractivity contribution in [3.63, 3.8) is 0 Å². The van der Waals surface area contributed by atoms with Crippen molar-refractivity contribution in [2.24, 2.45) is 0 Å². The van der Waals surface area contributed by atoms with Crippen molar-refractivity contribution < 1.29 is 9.36 Å². The molecule has 5 heteroatoms. The average molecular weight is 219 g/mol. The highest BCUT2D eigenvalue weighted by Crippen LogP contribution is 2.06. The summed E-state index contributed by atoms with van der Waals surface area (Å²) in [6.45, 7) is 0.415. The summed E-state index contributed by atoms with van der Waals surface area (Å²) in [6.07, 6.45) is 0.678. The molecule has 1 N–H and O–H groups in total. The van der Waals surface area contributed by atoms with E-state index in [1.54, 1.807) is 7.11 Å². The molecular formula is C11H13N3O2. The molecule has 84 valence electrons. The number of hydrogen-bond acceptors (Lipinski definition) is 5. The Bertz CT molecular complexity index is 428. The van der Waals surface area contributed by atoms with E-state index in [-0.39, 0.29) is 0 Å². The first-order valence-corrected chi connectivity index (χ1v) is 4.99. The van der Waals surface area contributed by atoms with Crippen LogP contribution in [-0.2, 0) is 17.8 Å². The van der Waals surface area contributed by atoms with Crippen LogP contribution in [-0.4, -0.2) is 17.3 Å². The van der Waals surface area contributed by atoms with Crippen molar-refractivity contribution >= 4 is 0 Å². The molecule has 1 heterocycles. The van der Waals surface area contributed by atoms with Gasteiger partial charge in [0.2, 0.25) is 5.89 Å². The van der Waals surface area contributed by atoms with Crippen molar-refractivity contribution in [2.75, 3.05) is 7.11 Å². The summed E-state index contributed by atoms with van der Waals surface area (Å²) in [6, 6.07) is 10.0. The van der Waals surface area contributed by atoms with Gasteiger partial charge in [0, 0.05) is 6.42 Å². The number of rotatable bonds is 5. The third-order valence-electron chi connectivity index (χ3n) is 2.08. The number of hydroxylamine groups is 1. The van der Waals surface area contributed by atoms with Gasteiger partial charge in [-0.3, -0.25) is 0 Å². The SMILES string of the molecule is CONCc1nc(Cc2ccccc2)no1. The minimum absolute atomic E-state index is 0.415. The summed E-state index contributed by atoms with van der Waals surface area (Å²) in [5.74, 6) is 1.20. The van der Waals surface area contributed by atoms with E-state index in [9.17, 15) is 0 Å². The molecule has 16 heavy (non-hydrogen) atoms. The maximum atomic E-state index is 5.04. The maximum absolute atomic E-state index is 5.04. The lowest BCUT2D eigenvalue weighted by Gasteiger charge is -1.94. The first kappa shape index (κ1) is 10.8. The monoisotopic (exact) mass is 219 g/mol. The van der Waals surface area contributed by atoms with Crippen LogP contribution >= 0.6 is 0 Å². The van der Waals surface area contributed by atoms with Crippen LogP contribution in [0.1, 0.15) is 17.3 Å². The van der Waals surface area contributed by atoms with Gasteiger partial charge >= 0.3 is 0 Å². The highest BCUT2D eigenvalue weighted by molar-refractivity contribution is 5.18. The van der Waals surface area contributed by atoms with E-state index in [1.807, 2.05) is 30.3 Å². The second-order valence-corrected chi connectivity index (χ2v) is 3.29. The average Bonchev–Trinajstić information content (AvgIpc) is 2.75. The lowest BCUT2D eigenvalue weighted by Crippen LogP contribution is -2.10. The number of aromatic nitrogens is 2. The van der Waals surface area contributed by atoms with Crippen LogP contribution < -0.4 is 5.48 Å². The molecule has 0 radical (unpaired) electrons. The first-order chi connectivity index (χ1) is 7.88. The zero-order chi connectivity index (χ0) is 11.2. The standard InChI is InChI=1S/C11H13N3O2/c1-15-12-8-11-13-10(14-16-11)7-9-5-3-2-4-6-9/h2-6,12H,7-8H2,1H3. The van der Waals surface area contributed by atoms with E-state index in [1.165, 1.54) is 0 Å². The van der Waals surface area contributed by atoms with E-state index in [0.29, 0.717) is 24.7 Å². The molecule has 0 amide bonds. The molecule has 0 spiro atoms. The van der Waals surface area contributed by atoms with E-state index in [2.05, 4.69) is 15.6 Å². The van der Waals surface area contributed by atoms with Crippen molar-refractivity contribution in [1.29, 1.82) is 0 Å². The molecule has 2 aromatic rings. The number of benzene rings is 1. The Labute approximate surface area is 93.4 Å². The Hall–Kier alpha value is -1.72. The quantitative estimate of drug-likeness (QED) is 0.768. The Morgan fingerprint density at radius 1 is 1.31 bits per heavy atom. The van der Waals surface area contributed by atoms with Crippen molar-refractivity contribution in [3.8, 4) is 0 Å². The topological polar surface area (TPSA) is 60.2 Å². The fraction of sp³-hybridized carbons (Fsp3) is 0.273. The van der Waals surface area contributed by atoms with Gasteiger partial charge in [0.25, 0.3) is 0 Å². The molecule has 0 saturated carbocycles. The van der Waals surface area contributed by atoms with Gasteiger partial charge in [-0.2, -0.15) is 10.5 Å². The molecule has 0 bridgehead atoms. The van der Waals surface area contributed by atoms with Crippen LogP contribution in [0.5, 0.6) is 0 Å². The van der Waals surface area contributed by atoms with E-state index < -0.39 is 0 Å². The number of nitrogens with zero attached hydrogens (tertiary/aromatic N) is 2. The zero-order valence-electron chi connectivity index (χ0n) is 9.01. The first-order valence-electron chi connectivity index (χ1n) is 4.99. The van der Waals surface area contributed by atoms with Gasteiger partial charge in [0.15, 0.2) is 5.82 Å². The largest absolute Gasteiger partial charge is 0.338 e. The lowest BCUT2D eigenvalue weighted by molar-refractivity contribution is 0.0789. The predicted molar refractivity (Wildman–Crippen MR) is 57.4 cm³/mol. The van der Waals surface area contributed by atoms with Crippen molar-refractivity contribution in [1.82, 2.24) is 15.6 Å². The molecule has 0 fully saturated rings. The fourth-order valence-electron chi connectivity index (χ4n) is 1.35. The highest BCUT2D eigenvalue weighted by atomic mass is 16.6. The molecule has 0 unspecified atom stereocenters. The maximum Gasteiger partial charge on any atom is 0.242 e. The van der Waals surface area contributed by atoms with Gasteiger partial charge in [-0.1, -0.05) is 35.5 Å². The molecule has 0 aliphatic rings. The molecule has 0 atom stereocenters. The van der Waals surface area contributed by atoms with Gasteiger partial charge in [-0.25, -0.2) is 0 Å². The highest BCUT2D eigenvalue weighted by Gasteiger charge is 2.06. The Morgan fingerprint density at radius 3 is 2.88 bits per heavy atom. The van der Waals surface area contributed by atoms with Crippen LogP contribution in [0, 0.1) is 0 Å². The summed E-state index contributed by atoms with van der Waals surface area (Å²) in [7, 11) is 1.54. The molecule has 5 nitrogen and oxygen atoms in total. The molecule has 2 rings (SSSR count). The summed E-state index contributed by atoms with van der Waals surface area (Å²) in [5, 5.41) is 3.88. The number of hydrogen-bond donors (Lipinski definition) is 1. The van der Waals surface area contributed by atoms with Gasteiger partial charge in [-0.05, 0) is 5.56 Å². The predicted octanol–water partition coefficient (Wildman–Crippen LogP) is 1.31. The van der Waals surface area contributed by atoms with Crippen molar-refractivity contribution in [2.45, 2.75) is 13.0 Å². The minimum atomic E-state index is 0.415. The van der Waals surface area contributed by atoms with Gasteiger partial charge in [0.05, 0.1) is 7.11 Å². The van der Waals surface area contributed by atoms with E-state index in [0.717, 1.165) is 5.56 Å². The smallest absolute Gasteiger partial charge is 0.242 e. The molecule has 0 saturated heterocycles. The summed E-state index contributed by atoms with van der Waals surface area (Å²) in [4.78, 5) is 8.92. The Kier molecular flexibility index (Phi) is 3.63. The van der Waals surface area contributed by atoms with Crippen LogP contribution in [0.15, 0.2) is 34.9 Å². The van der Waals surface area contributed by atoms with E-state index >= 15 is 0 Å². The Morgan fingerprint density at radius 2 is 2.12 bits per heavy atom. The van der Waals surface area contributed by atoms with Gasteiger partial charge < -0.3 is 9.36 Å². The molecule has 1 aromatic heterocycles. The number of nitrogens with one attached hydrogen (secondary N) is 1. The molecule has 0 aliphatic heterocycles. The fourth-order valence-corrected chi connectivity index (χ4v) is 1.35. The van der Waals surface area contributed by atoms with Crippen LogP contribution in [0.25, 0.3) is 0 Å². The third-order valence-corrected chi connectivity index (χ3v) is 2.08. The summed E-state index contributed by atoms with van der Waals surface area (Å²) < 4.78 is 5.04. The molecule has 1 aromatic carbocycles. The minimum Gasteiger partial charge on any atom is -0.338 e. The van der Waals surface area contributed by atoms with Crippen LogP contribution in [0.4, 0.5) is 0 Å².